The third-order valence-electron chi connectivity index (χ3n) is 2.28. The number of hydrogen-bond acceptors (Lipinski definition) is 6. The van der Waals surface area contributed by atoms with Gasteiger partial charge in [0, 0.05) is 31.0 Å². The van der Waals surface area contributed by atoms with Crippen LogP contribution in [0.15, 0.2) is 0 Å². The lowest BCUT2D eigenvalue weighted by molar-refractivity contribution is -0.115. The summed E-state index contributed by atoms with van der Waals surface area (Å²) in [4.78, 5) is 17.5. The zero-order valence-corrected chi connectivity index (χ0v) is 9.92. The molecular weight excluding hydrogens is 228 g/mol. The predicted octanol–water partition coefficient (Wildman–Crippen LogP) is 0.723. The highest BCUT2D eigenvalue weighted by Crippen LogP contribution is 2.18. The maximum atomic E-state index is 11.2. The Morgan fingerprint density at radius 3 is 3.00 bits per heavy atom. The summed E-state index contributed by atoms with van der Waals surface area (Å²) in [6.07, 6.45) is 0.451. The maximum absolute atomic E-state index is 11.2. The number of carbonyl (C=O) groups is 1. The van der Waals surface area contributed by atoms with Crippen molar-refractivity contribution in [3.05, 3.63) is 0 Å². The number of ether oxygens (including phenoxy) is 1. The third-order valence-corrected chi connectivity index (χ3v) is 2.90. The smallest absolute Gasteiger partial charge is 0.239 e. The third kappa shape index (κ3) is 2.67. The fourth-order valence-corrected chi connectivity index (χ4v) is 1.97. The first-order valence-corrected chi connectivity index (χ1v) is 6.03. The van der Waals surface area contributed by atoms with Crippen molar-refractivity contribution < 1.29 is 9.53 Å². The second kappa shape index (κ2) is 5.22. The number of carbonyl (C=O) groups excluding carboxylic acids is 1. The molecule has 1 saturated heterocycles. The van der Waals surface area contributed by atoms with E-state index < -0.39 is 0 Å². The molecule has 0 aromatic carbocycles. The number of aromatic nitrogens is 2. The van der Waals surface area contributed by atoms with Crippen LogP contribution >= 0.6 is 11.5 Å². The molecule has 0 radical (unpaired) electrons. The van der Waals surface area contributed by atoms with Gasteiger partial charge in [0.05, 0.1) is 13.2 Å². The standard InChI is InChI=1S/C9H14N4O2S/c1-2-7(14)10-9-11-8(12-16-9)13-3-5-15-6-4-13/h2-6H2,1H3,(H,10,11,12,14). The van der Waals surface area contributed by atoms with Crippen molar-refractivity contribution in [2.45, 2.75) is 13.3 Å². The molecule has 88 valence electrons. The van der Waals surface area contributed by atoms with E-state index in [0.717, 1.165) is 13.1 Å². The van der Waals surface area contributed by atoms with Gasteiger partial charge in [-0.15, -0.1) is 0 Å². The molecule has 1 aliphatic rings. The van der Waals surface area contributed by atoms with Gasteiger partial charge in [0.25, 0.3) is 0 Å². The van der Waals surface area contributed by atoms with Gasteiger partial charge in [0.1, 0.15) is 0 Å². The Kier molecular flexibility index (Phi) is 3.68. The molecule has 1 aromatic rings. The summed E-state index contributed by atoms with van der Waals surface area (Å²) in [5, 5.41) is 3.26. The van der Waals surface area contributed by atoms with Gasteiger partial charge in [-0.1, -0.05) is 6.92 Å². The number of hydrogen-bond donors (Lipinski definition) is 1. The van der Waals surface area contributed by atoms with E-state index in [-0.39, 0.29) is 5.91 Å². The Hall–Kier alpha value is -1.21. The van der Waals surface area contributed by atoms with E-state index in [4.69, 9.17) is 4.74 Å². The Bertz CT molecular complexity index is 362. The normalized spacial score (nSPS) is 16.2. The van der Waals surface area contributed by atoms with Gasteiger partial charge >= 0.3 is 0 Å². The van der Waals surface area contributed by atoms with E-state index in [9.17, 15) is 4.79 Å². The van der Waals surface area contributed by atoms with Gasteiger partial charge in [0.15, 0.2) is 0 Å². The first kappa shape index (κ1) is 11.3. The molecule has 6 nitrogen and oxygen atoms in total. The molecule has 1 amide bonds. The van der Waals surface area contributed by atoms with E-state index in [1.54, 1.807) is 6.92 Å². The first-order valence-electron chi connectivity index (χ1n) is 5.26. The summed E-state index contributed by atoms with van der Waals surface area (Å²) in [5.74, 6) is 0.643. The van der Waals surface area contributed by atoms with Crippen LogP contribution in [0.5, 0.6) is 0 Å². The van der Waals surface area contributed by atoms with E-state index in [0.29, 0.717) is 30.7 Å². The summed E-state index contributed by atoms with van der Waals surface area (Å²) in [6, 6.07) is 0. The molecule has 2 heterocycles. The van der Waals surface area contributed by atoms with Gasteiger partial charge in [-0.05, 0) is 0 Å². The highest BCUT2D eigenvalue weighted by Gasteiger charge is 2.16. The lowest BCUT2D eigenvalue weighted by atomic mass is 10.4. The summed E-state index contributed by atoms with van der Waals surface area (Å²) >= 11 is 1.21. The number of rotatable bonds is 3. The predicted molar refractivity (Wildman–Crippen MR) is 61.9 cm³/mol. The van der Waals surface area contributed by atoms with Gasteiger partial charge in [0.2, 0.25) is 17.0 Å². The molecule has 0 saturated carbocycles. The van der Waals surface area contributed by atoms with Crippen molar-refractivity contribution in [2.75, 3.05) is 36.5 Å². The van der Waals surface area contributed by atoms with E-state index >= 15 is 0 Å². The molecule has 0 unspecified atom stereocenters. The van der Waals surface area contributed by atoms with Gasteiger partial charge in [-0.25, -0.2) is 0 Å². The van der Waals surface area contributed by atoms with Crippen LogP contribution in [0, 0.1) is 0 Å². The van der Waals surface area contributed by atoms with Crippen LogP contribution in [-0.4, -0.2) is 41.6 Å². The molecule has 0 aliphatic carbocycles. The van der Waals surface area contributed by atoms with Crippen LogP contribution in [-0.2, 0) is 9.53 Å². The average Bonchev–Trinajstić information content (AvgIpc) is 2.78. The van der Waals surface area contributed by atoms with Crippen molar-refractivity contribution in [2.24, 2.45) is 0 Å². The Morgan fingerprint density at radius 2 is 2.31 bits per heavy atom. The van der Waals surface area contributed by atoms with Crippen molar-refractivity contribution in [1.29, 1.82) is 0 Å². The summed E-state index contributed by atoms with van der Waals surface area (Å²) < 4.78 is 9.46. The molecule has 0 atom stereocenters. The maximum Gasteiger partial charge on any atom is 0.239 e. The number of nitrogens with zero attached hydrogens (tertiary/aromatic N) is 3. The van der Waals surface area contributed by atoms with Crippen LogP contribution in [0.3, 0.4) is 0 Å². The van der Waals surface area contributed by atoms with Crippen molar-refractivity contribution in [3.8, 4) is 0 Å². The second-order valence-corrected chi connectivity index (χ2v) is 4.15. The minimum absolute atomic E-state index is 0.0373. The van der Waals surface area contributed by atoms with E-state index in [1.807, 2.05) is 0 Å². The molecule has 1 aromatic heterocycles. The molecular formula is C9H14N4O2S. The molecule has 2 rings (SSSR count). The topological polar surface area (TPSA) is 67.4 Å². The van der Waals surface area contributed by atoms with Crippen LogP contribution in [0.1, 0.15) is 13.3 Å². The number of nitrogens with one attached hydrogen (secondary N) is 1. The van der Waals surface area contributed by atoms with E-state index in [2.05, 4.69) is 19.6 Å². The lowest BCUT2D eigenvalue weighted by Gasteiger charge is -2.25. The highest BCUT2D eigenvalue weighted by atomic mass is 32.1. The van der Waals surface area contributed by atoms with Crippen molar-refractivity contribution >= 4 is 28.5 Å². The van der Waals surface area contributed by atoms with Gasteiger partial charge in [-0.2, -0.15) is 9.36 Å². The zero-order valence-electron chi connectivity index (χ0n) is 9.10. The second-order valence-electron chi connectivity index (χ2n) is 3.40. The largest absolute Gasteiger partial charge is 0.378 e. The summed E-state index contributed by atoms with van der Waals surface area (Å²) in [7, 11) is 0. The molecule has 7 heteroatoms. The van der Waals surface area contributed by atoms with Crippen LogP contribution < -0.4 is 10.2 Å². The molecule has 0 spiro atoms. The Balaban J connectivity index is 1.98. The van der Waals surface area contributed by atoms with Gasteiger partial charge < -0.3 is 15.0 Å². The minimum Gasteiger partial charge on any atom is -0.378 e. The lowest BCUT2D eigenvalue weighted by Crippen LogP contribution is -2.36. The molecule has 16 heavy (non-hydrogen) atoms. The first-order chi connectivity index (χ1) is 7.79. The quantitative estimate of drug-likeness (QED) is 0.846. The fraction of sp³-hybridized carbons (Fsp3) is 0.667. The number of morpholine rings is 1. The Morgan fingerprint density at radius 1 is 1.56 bits per heavy atom. The zero-order chi connectivity index (χ0) is 11.4. The Labute approximate surface area is 97.8 Å². The summed E-state index contributed by atoms with van der Waals surface area (Å²) in [5.41, 5.74) is 0. The SMILES string of the molecule is CCC(=O)Nc1nc(N2CCOCC2)ns1. The molecule has 1 fully saturated rings. The highest BCUT2D eigenvalue weighted by molar-refractivity contribution is 7.10. The molecule has 1 aliphatic heterocycles. The van der Waals surface area contributed by atoms with E-state index in [1.165, 1.54) is 11.5 Å². The van der Waals surface area contributed by atoms with Crippen LogP contribution in [0.2, 0.25) is 0 Å². The number of amides is 1. The summed E-state index contributed by atoms with van der Waals surface area (Å²) in [6.45, 7) is 4.82. The molecule has 0 bridgehead atoms. The van der Waals surface area contributed by atoms with Crippen molar-refractivity contribution in [1.82, 2.24) is 9.36 Å². The average molecular weight is 242 g/mol. The minimum atomic E-state index is -0.0373. The van der Waals surface area contributed by atoms with Crippen molar-refractivity contribution in [3.63, 3.8) is 0 Å². The monoisotopic (exact) mass is 242 g/mol. The molecule has 1 N–H and O–H groups in total. The number of anilines is 2. The van der Waals surface area contributed by atoms with Crippen LogP contribution in [0.4, 0.5) is 11.1 Å². The van der Waals surface area contributed by atoms with Crippen LogP contribution in [0.25, 0.3) is 0 Å². The van der Waals surface area contributed by atoms with Gasteiger partial charge in [-0.3, -0.25) is 4.79 Å². The fourth-order valence-electron chi connectivity index (χ4n) is 1.37.